The smallest absolute Gasteiger partial charge is 0.142 e. The van der Waals surface area contributed by atoms with Gasteiger partial charge in [0.2, 0.25) is 0 Å². The predicted octanol–water partition coefficient (Wildman–Crippen LogP) is 3.34. The quantitative estimate of drug-likeness (QED) is 0.729. The summed E-state index contributed by atoms with van der Waals surface area (Å²) in [4.78, 5) is 13.1. The van der Waals surface area contributed by atoms with Gasteiger partial charge in [-0.1, -0.05) is 32.4 Å². The summed E-state index contributed by atoms with van der Waals surface area (Å²) in [5, 5.41) is 21.2. The summed E-state index contributed by atoms with van der Waals surface area (Å²) in [5.74, 6) is 1.77. The van der Waals surface area contributed by atoms with Gasteiger partial charge in [0.25, 0.3) is 0 Å². The Hall–Kier alpha value is -0.670. The van der Waals surface area contributed by atoms with E-state index >= 15 is 0 Å². The van der Waals surface area contributed by atoms with E-state index in [2.05, 4.69) is 26.8 Å². The lowest BCUT2D eigenvalue weighted by Gasteiger charge is -2.53. The number of rotatable bonds is 1. The number of aliphatic hydroxyl groups excluding tert-OH is 2. The van der Waals surface area contributed by atoms with Crippen molar-refractivity contribution in [2.75, 3.05) is 0 Å². The van der Waals surface area contributed by atoms with Crippen LogP contribution in [0.1, 0.15) is 60.3 Å². The van der Waals surface area contributed by atoms with Crippen LogP contribution >= 0.6 is 0 Å². The zero-order valence-electron chi connectivity index (χ0n) is 15.2. The molecule has 0 spiro atoms. The van der Waals surface area contributed by atoms with Crippen LogP contribution in [0, 0.1) is 34.5 Å². The van der Waals surface area contributed by atoms with E-state index in [1.54, 1.807) is 0 Å². The van der Waals surface area contributed by atoms with Crippen LogP contribution in [0.2, 0.25) is 0 Å². The molecule has 3 nitrogen and oxygen atoms in total. The van der Waals surface area contributed by atoms with Crippen LogP contribution in [0.25, 0.3) is 0 Å². The van der Waals surface area contributed by atoms with Gasteiger partial charge in [-0.15, -0.1) is 0 Å². The van der Waals surface area contributed by atoms with E-state index < -0.39 is 17.6 Å². The summed E-state index contributed by atoms with van der Waals surface area (Å²) < 4.78 is 0. The van der Waals surface area contributed by atoms with Gasteiger partial charge in [-0.2, -0.15) is 0 Å². The van der Waals surface area contributed by atoms with Gasteiger partial charge in [0, 0.05) is 6.42 Å². The second-order valence-electron chi connectivity index (χ2n) is 9.26. The third-order valence-corrected chi connectivity index (χ3v) is 7.39. The Balaban J connectivity index is 2.14. The summed E-state index contributed by atoms with van der Waals surface area (Å²) in [6.45, 7) is 10.8. The Morgan fingerprint density at radius 3 is 2.52 bits per heavy atom. The van der Waals surface area contributed by atoms with Gasteiger partial charge in [0.1, 0.15) is 5.78 Å². The van der Waals surface area contributed by atoms with Crippen LogP contribution in [0.15, 0.2) is 11.6 Å². The molecule has 0 aliphatic heterocycles. The SMILES string of the molecule is CC1=CC2C3C(C(C)C)CCC3(C)CC(=O)C2(C)C(O)C(O)C1. The van der Waals surface area contributed by atoms with E-state index in [4.69, 9.17) is 0 Å². The lowest BCUT2D eigenvalue weighted by molar-refractivity contribution is -0.163. The molecule has 0 radical (unpaired) electrons. The Labute approximate surface area is 140 Å². The molecule has 0 saturated heterocycles. The highest BCUT2D eigenvalue weighted by Crippen LogP contribution is 2.64. The molecule has 0 amide bonds. The highest BCUT2D eigenvalue weighted by Gasteiger charge is 2.63. The maximum Gasteiger partial charge on any atom is 0.142 e. The van der Waals surface area contributed by atoms with Crippen molar-refractivity contribution in [1.82, 2.24) is 0 Å². The van der Waals surface area contributed by atoms with Crippen LogP contribution in [-0.4, -0.2) is 28.2 Å². The minimum absolute atomic E-state index is 0.0378. The highest BCUT2D eigenvalue weighted by molar-refractivity contribution is 5.88. The number of hydrogen-bond donors (Lipinski definition) is 2. The molecule has 3 aliphatic rings. The molecule has 2 fully saturated rings. The molecule has 2 N–H and O–H groups in total. The number of Topliss-reactive ketones (excluding diaryl/α,β-unsaturated/α-hetero) is 1. The number of aliphatic hydroxyl groups is 2. The summed E-state index contributed by atoms with van der Waals surface area (Å²) in [6.07, 6.45) is 3.70. The standard InChI is InChI=1S/C20H32O3/c1-11(2)13-6-7-19(4)10-16(22)20(5)14(17(13)19)8-12(3)9-15(21)18(20)23/h8,11,13-15,17-18,21,23H,6-7,9-10H2,1-5H3. The fourth-order valence-corrected chi connectivity index (χ4v) is 5.98. The van der Waals surface area contributed by atoms with Gasteiger partial charge in [0.05, 0.1) is 17.6 Å². The highest BCUT2D eigenvalue weighted by atomic mass is 16.3. The number of allylic oxidation sites excluding steroid dienone is 1. The Kier molecular flexibility index (Phi) is 4.04. The molecule has 0 aromatic rings. The fraction of sp³-hybridized carbons (Fsp3) is 0.850. The third-order valence-electron chi connectivity index (χ3n) is 7.39. The lowest BCUT2D eigenvalue weighted by Crippen LogP contribution is -2.58. The van der Waals surface area contributed by atoms with Gasteiger partial charge in [-0.25, -0.2) is 0 Å². The van der Waals surface area contributed by atoms with E-state index in [9.17, 15) is 15.0 Å². The maximum absolute atomic E-state index is 13.1. The largest absolute Gasteiger partial charge is 0.390 e. The first-order valence-electron chi connectivity index (χ1n) is 9.18. The first kappa shape index (κ1) is 17.2. The van der Waals surface area contributed by atoms with Crippen LogP contribution in [-0.2, 0) is 4.79 Å². The topological polar surface area (TPSA) is 57.5 Å². The zero-order valence-corrected chi connectivity index (χ0v) is 15.2. The molecule has 7 atom stereocenters. The molecule has 130 valence electrons. The minimum Gasteiger partial charge on any atom is -0.390 e. The normalized spacial score (nSPS) is 50.3. The average molecular weight is 320 g/mol. The molecule has 0 aromatic heterocycles. The second kappa shape index (κ2) is 5.42. The van der Waals surface area contributed by atoms with Gasteiger partial charge < -0.3 is 10.2 Å². The van der Waals surface area contributed by atoms with Crippen LogP contribution < -0.4 is 0 Å². The zero-order chi connectivity index (χ0) is 17.2. The first-order valence-corrected chi connectivity index (χ1v) is 9.18. The number of carbonyl (C=O) groups is 1. The average Bonchev–Trinajstić information content (AvgIpc) is 2.75. The van der Waals surface area contributed by atoms with Crippen molar-refractivity contribution in [3.05, 3.63) is 11.6 Å². The van der Waals surface area contributed by atoms with Gasteiger partial charge in [-0.3, -0.25) is 4.79 Å². The molecule has 23 heavy (non-hydrogen) atoms. The van der Waals surface area contributed by atoms with Crippen LogP contribution in [0.5, 0.6) is 0 Å². The van der Waals surface area contributed by atoms with Crippen molar-refractivity contribution in [1.29, 1.82) is 0 Å². The molecule has 3 aliphatic carbocycles. The molecule has 7 unspecified atom stereocenters. The van der Waals surface area contributed by atoms with Gasteiger partial charge in [-0.05, 0) is 62.2 Å². The summed E-state index contributed by atoms with van der Waals surface area (Å²) in [5.41, 5.74) is 0.303. The van der Waals surface area contributed by atoms with E-state index in [-0.39, 0.29) is 17.1 Å². The third kappa shape index (κ3) is 2.34. The van der Waals surface area contributed by atoms with E-state index in [1.807, 2.05) is 13.8 Å². The lowest BCUT2D eigenvalue weighted by atomic mass is 9.50. The van der Waals surface area contributed by atoms with Crippen LogP contribution in [0.4, 0.5) is 0 Å². The summed E-state index contributed by atoms with van der Waals surface area (Å²) in [7, 11) is 0. The number of fused-ring (bicyclic) bond motifs is 3. The molecule has 0 heterocycles. The summed E-state index contributed by atoms with van der Waals surface area (Å²) in [6, 6.07) is 0. The number of hydrogen-bond acceptors (Lipinski definition) is 3. The van der Waals surface area contributed by atoms with Gasteiger partial charge >= 0.3 is 0 Å². The van der Waals surface area contributed by atoms with E-state index in [0.717, 1.165) is 12.0 Å². The van der Waals surface area contributed by atoms with E-state index in [0.29, 0.717) is 30.6 Å². The van der Waals surface area contributed by atoms with Crippen molar-refractivity contribution in [2.45, 2.75) is 72.5 Å². The van der Waals surface area contributed by atoms with E-state index in [1.165, 1.54) is 6.42 Å². The van der Waals surface area contributed by atoms with Crippen molar-refractivity contribution in [3.63, 3.8) is 0 Å². The molecular weight excluding hydrogens is 288 g/mol. The molecule has 0 bridgehead atoms. The fourth-order valence-electron chi connectivity index (χ4n) is 5.98. The van der Waals surface area contributed by atoms with Crippen LogP contribution in [0.3, 0.4) is 0 Å². The molecule has 0 aromatic carbocycles. The minimum atomic E-state index is -0.966. The second-order valence-corrected chi connectivity index (χ2v) is 9.26. The van der Waals surface area contributed by atoms with Gasteiger partial charge in [0.15, 0.2) is 0 Å². The monoisotopic (exact) mass is 320 g/mol. The Morgan fingerprint density at radius 2 is 1.91 bits per heavy atom. The predicted molar refractivity (Wildman–Crippen MR) is 90.8 cm³/mol. The Bertz CT molecular complexity index is 537. The number of ketones is 1. The molecule has 2 saturated carbocycles. The maximum atomic E-state index is 13.1. The molecule has 3 heteroatoms. The molecular formula is C20H32O3. The molecule has 3 rings (SSSR count). The Morgan fingerprint density at radius 1 is 1.26 bits per heavy atom. The van der Waals surface area contributed by atoms with Crippen molar-refractivity contribution < 1.29 is 15.0 Å². The number of carbonyl (C=O) groups excluding carboxylic acids is 1. The van der Waals surface area contributed by atoms with Crippen molar-refractivity contribution >= 4 is 5.78 Å². The van der Waals surface area contributed by atoms with Crippen molar-refractivity contribution in [2.24, 2.45) is 34.5 Å². The first-order chi connectivity index (χ1) is 10.6. The summed E-state index contributed by atoms with van der Waals surface area (Å²) >= 11 is 0. The van der Waals surface area contributed by atoms with Crippen molar-refractivity contribution in [3.8, 4) is 0 Å².